The number of hydrogen-bond donors (Lipinski definition) is 3. The molecule has 0 fully saturated rings. The van der Waals surface area contributed by atoms with Crippen molar-refractivity contribution in [2.24, 2.45) is 0 Å². The van der Waals surface area contributed by atoms with Crippen molar-refractivity contribution in [2.45, 2.75) is 0 Å². The second kappa shape index (κ2) is 3.08. The molecular weight excluding hydrogens is 192 g/mol. The molecule has 1 aromatic heterocycles. The molecule has 4 nitrogen and oxygen atoms in total. The van der Waals surface area contributed by atoms with E-state index in [4.69, 9.17) is 15.7 Å². The summed E-state index contributed by atoms with van der Waals surface area (Å²) < 4.78 is 0. The van der Waals surface area contributed by atoms with Gasteiger partial charge in [-0.3, -0.25) is 4.79 Å². The number of phenolic OH excluding ortho intramolecular Hbond substituents is 2. The molecule has 1 heterocycles. The Labute approximate surface area is 87.4 Å². The van der Waals surface area contributed by atoms with Crippen LogP contribution in [0.1, 0.15) is 0 Å². The SMILES string of the molecule is [B]c1c([B])c(O)c2cc(=O)[nH]cc2c1O. The summed E-state index contributed by atoms with van der Waals surface area (Å²) in [4.78, 5) is 13.4. The summed E-state index contributed by atoms with van der Waals surface area (Å²) in [7, 11) is 10.9. The molecule has 15 heavy (non-hydrogen) atoms. The predicted molar refractivity (Wildman–Crippen MR) is 58.7 cm³/mol. The van der Waals surface area contributed by atoms with Crippen molar-refractivity contribution >= 4 is 37.4 Å². The summed E-state index contributed by atoms with van der Waals surface area (Å²) in [6.45, 7) is 0. The van der Waals surface area contributed by atoms with E-state index in [1.165, 1.54) is 6.20 Å². The second-order valence-corrected chi connectivity index (χ2v) is 3.15. The first-order valence-corrected chi connectivity index (χ1v) is 4.13. The number of pyridine rings is 1. The molecule has 6 heteroatoms. The smallest absolute Gasteiger partial charge is 0.248 e. The molecule has 0 amide bonds. The maximum absolute atomic E-state index is 11.0. The van der Waals surface area contributed by atoms with E-state index in [0.717, 1.165) is 6.07 Å². The Hall–Kier alpha value is -1.84. The van der Waals surface area contributed by atoms with Crippen molar-refractivity contribution in [3.8, 4) is 11.5 Å². The lowest BCUT2D eigenvalue weighted by atomic mass is 9.77. The first-order chi connectivity index (χ1) is 7.02. The molecule has 2 rings (SSSR count). The van der Waals surface area contributed by atoms with Gasteiger partial charge in [0.05, 0.1) is 0 Å². The first-order valence-electron chi connectivity index (χ1n) is 4.13. The van der Waals surface area contributed by atoms with Gasteiger partial charge in [0.25, 0.3) is 0 Å². The second-order valence-electron chi connectivity index (χ2n) is 3.15. The largest absolute Gasteiger partial charge is 0.508 e. The fourth-order valence-electron chi connectivity index (χ4n) is 1.41. The highest BCUT2D eigenvalue weighted by Crippen LogP contribution is 2.25. The summed E-state index contributed by atoms with van der Waals surface area (Å²) in [5.74, 6) is -0.553. The highest BCUT2D eigenvalue weighted by molar-refractivity contribution is 6.52. The fourth-order valence-corrected chi connectivity index (χ4v) is 1.41. The molecule has 3 N–H and O–H groups in total. The van der Waals surface area contributed by atoms with Crippen LogP contribution in [0.5, 0.6) is 11.5 Å². The molecule has 0 bridgehead atoms. The van der Waals surface area contributed by atoms with Crippen molar-refractivity contribution in [3.05, 3.63) is 22.6 Å². The highest BCUT2D eigenvalue weighted by Gasteiger charge is 2.12. The van der Waals surface area contributed by atoms with E-state index in [0.29, 0.717) is 0 Å². The monoisotopic (exact) mass is 197 g/mol. The molecule has 0 unspecified atom stereocenters. The average molecular weight is 197 g/mol. The zero-order chi connectivity index (χ0) is 11.2. The molecule has 1 aromatic carbocycles. The lowest BCUT2D eigenvalue weighted by Crippen LogP contribution is -2.26. The number of aromatic amines is 1. The number of aromatic hydroxyl groups is 2. The molecule has 0 atom stereocenters. The summed E-state index contributed by atoms with van der Waals surface area (Å²) in [6.07, 6.45) is 1.27. The third-order valence-electron chi connectivity index (χ3n) is 2.24. The van der Waals surface area contributed by atoms with Crippen LogP contribution in [-0.4, -0.2) is 30.9 Å². The lowest BCUT2D eigenvalue weighted by molar-refractivity contribution is 0.476. The molecule has 4 radical (unpaired) electrons. The zero-order valence-corrected chi connectivity index (χ0v) is 7.61. The zero-order valence-electron chi connectivity index (χ0n) is 7.61. The number of benzene rings is 1. The topological polar surface area (TPSA) is 73.3 Å². The summed E-state index contributed by atoms with van der Waals surface area (Å²) in [6, 6.07) is 1.14. The first kappa shape index (κ1) is 9.70. The molecule has 0 spiro atoms. The van der Waals surface area contributed by atoms with Gasteiger partial charge in [-0.05, 0) is 0 Å². The van der Waals surface area contributed by atoms with Gasteiger partial charge in [0.1, 0.15) is 27.2 Å². The molecule has 2 aromatic rings. The van der Waals surface area contributed by atoms with Gasteiger partial charge in [0.15, 0.2) is 0 Å². The van der Waals surface area contributed by atoms with Gasteiger partial charge in [-0.25, -0.2) is 0 Å². The third-order valence-corrected chi connectivity index (χ3v) is 2.24. The van der Waals surface area contributed by atoms with Crippen LogP contribution in [0, 0.1) is 0 Å². The quantitative estimate of drug-likeness (QED) is 0.356. The predicted octanol–water partition coefficient (Wildman–Crippen LogP) is -1.47. The van der Waals surface area contributed by atoms with Gasteiger partial charge < -0.3 is 15.2 Å². The van der Waals surface area contributed by atoms with Crippen LogP contribution in [0.3, 0.4) is 0 Å². The van der Waals surface area contributed by atoms with Crippen LogP contribution >= 0.6 is 0 Å². The van der Waals surface area contributed by atoms with Crippen molar-refractivity contribution < 1.29 is 10.2 Å². The lowest BCUT2D eigenvalue weighted by Gasteiger charge is -2.11. The summed E-state index contributed by atoms with van der Waals surface area (Å²) in [5.41, 5.74) is -0.640. The Morgan fingerprint density at radius 1 is 1.07 bits per heavy atom. The fraction of sp³-hybridized carbons (Fsp3) is 0. The van der Waals surface area contributed by atoms with Crippen LogP contribution in [-0.2, 0) is 0 Å². The van der Waals surface area contributed by atoms with E-state index in [1.54, 1.807) is 0 Å². The Kier molecular flexibility index (Phi) is 2.00. The Bertz CT molecular complexity index is 606. The highest BCUT2D eigenvalue weighted by atomic mass is 16.3. The van der Waals surface area contributed by atoms with Crippen molar-refractivity contribution in [1.82, 2.24) is 4.98 Å². The standard InChI is InChI=1S/C9H5B2NO3/c10-6-7(11)9(15)4-2-12-5(13)1-3(4)8(6)14/h1-2,14-15H,(H,12,13). The number of rotatable bonds is 0. The third kappa shape index (κ3) is 1.29. The maximum Gasteiger partial charge on any atom is 0.248 e. The van der Waals surface area contributed by atoms with Crippen LogP contribution in [0.25, 0.3) is 10.8 Å². The number of aromatic nitrogens is 1. The molecule has 0 aliphatic carbocycles. The minimum atomic E-state index is -0.402. The normalized spacial score (nSPS) is 10.7. The van der Waals surface area contributed by atoms with Crippen molar-refractivity contribution in [1.29, 1.82) is 0 Å². The van der Waals surface area contributed by atoms with E-state index in [9.17, 15) is 15.0 Å². The van der Waals surface area contributed by atoms with Crippen LogP contribution < -0.4 is 16.5 Å². The van der Waals surface area contributed by atoms with Gasteiger partial charge in [-0.1, -0.05) is 10.9 Å². The van der Waals surface area contributed by atoms with E-state index < -0.39 is 5.56 Å². The number of hydrogen-bond acceptors (Lipinski definition) is 3. The summed E-state index contributed by atoms with van der Waals surface area (Å²) >= 11 is 0. The molecule has 0 aliphatic rings. The molecule has 70 valence electrons. The molecular formula is C9H5B2NO3. The molecule has 0 aliphatic heterocycles. The van der Waals surface area contributed by atoms with E-state index >= 15 is 0 Å². The molecule has 0 saturated heterocycles. The van der Waals surface area contributed by atoms with Gasteiger partial charge in [0.2, 0.25) is 5.56 Å². The maximum atomic E-state index is 11.0. The number of H-pyrrole nitrogens is 1. The van der Waals surface area contributed by atoms with Crippen molar-refractivity contribution in [3.63, 3.8) is 0 Å². The van der Waals surface area contributed by atoms with E-state index in [2.05, 4.69) is 4.98 Å². The van der Waals surface area contributed by atoms with Crippen LogP contribution in [0.2, 0.25) is 0 Å². The number of phenols is 2. The Morgan fingerprint density at radius 2 is 1.60 bits per heavy atom. The van der Waals surface area contributed by atoms with E-state index in [1.807, 2.05) is 0 Å². The van der Waals surface area contributed by atoms with Gasteiger partial charge in [-0.15, -0.1) is 0 Å². The van der Waals surface area contributed by atoms with E-state index in [-0.39, 0.29) is 33.2 Å². The molecule has 0 saturated carbocycles. The number of nitrogens with one attached hydrogen (secondary N) is 1. The van der Waals surface area contributed by atoms with Crippen molar-refractivity contribution in [2.75, 3.05) is 0 Å². The Balaban J connectivity index is 3.07. The number of fused-ring (bicyclic) bond motifs is 1. The van der Waals surface area contributed by atoms with Gasteiger partial charge in [-0.2, -0.15) is 0 Å². The summed E-state index contributed by atoms with van der Waals surface area (Å²) in [5, 5.41) is 19.7. The van der Waals surface area contributed by atoms with Crippen LogP contribution in [0.4, 0.5) is 0 Å². The van der Waals surface area contributed by atoms with Crippen LogP contribution in [0.15, 0.2) is 17.1 Å². The van der Waals surface area contributed by atoms with Gasteiger partial charge in [0, 0.05) is 23.0 Å². The average Bonchev–Trinajstić information content (AvgIpc) is 2.23. The van der Waals surface area contributed by atoms with Gasteiger partial charge >= 0.3 is 0 Å². The minimum Gasteiger partial charge on any atom is -0.508 e. The minimum absolute atomic E-state index is 0.105. The Morgan fingerprint density at radius 3 is 2.20 bits per heavy atom.